The van der Waals surface area contributed by atoms with Crippen LogP contribution in [-0.4, -0.2) is 43.6 Å². The summed E-state index contributed by atoms with van der Waals surface area (Å²) in [7, 11) is -3.69. The molecule has 0 unspecified atom stereocenters. The van der Waals surface area contributed by atoms with E-state index in [1.165, 1.54) is 6.07 Å². The maximum atomic E-state index is 13.7. The van der Waals surface area contributed by atoms with Crippen molar-refractivity contribution >= 4 is 15.8 Å². The van der Waals surface area contributed by atoms with Gasteiger partial charge in [0.15, 0.2) is 16.4 Å². The molecule has 1 aromatic carbocycles. The van der Waals surface area contributed by atoms with Gasteiger partial charge in [-0.3, -0.25) is 0 Å². The lowest BCUT2D eigenvalue weighted by Crippen LogP contribution is -2.60. The third kappa shape index (κ3) is 3.97. The first-order valence-corrected chi connectivity index (χ1v) is 13.6. The molecule has 1 aromatic rings. The highest BCUT2D eigenvalue weighted by Gasteiger charge is 2.62. The summed E-state index contributed by atoms with van der Waals surface area (Å²) >= 11 is 0. The van der Waals surface area contributed by atoms with Crippen LogP contribution in [0, 0.1) is 22.7 Å². The van der Waals surface area contributed by atoms with Gasteiger partial charge in [0.25, 0.3) is 0 Å². The van der Waals surface area contributed by atoms with Crippen LogP contribution >= 0.6 is 0 Å². The number of sulfone groups is 1. The third-order valence-electron chi connectivity index (χ3n) is 8.88. The topological polar surface area (TPSA) is 110 Å². The van der Waals surface area contributed by atoms with Gasteiger partial charge in [-0.05, 0) is 54.4 Å². The molecule has 1 aliphatic heterocycles. The summed E-state index contributed by atoms with van der Waals surface area (Å²) in [5, 5.41) is 18.7. The Balaban J connectivity index is 1.89. The predicted molar refractivity (Wildman–Crippen MR) is 128 cm³/mol. The van der Waals surface area contributed by atoms with E-state index in [-0.39, 0.29) is 45.5 Å². The first kappa shape index (κ1) is 24.9. The zero-order valence-corrected chi connectivity index (χ0v) is 21.3. The molecule has 188 valence electrons. The summed E-state index contributed by atoms with van der Waals surface area (Å²) in [6.07, 6.45) is 5.05. The highest BCUT2D eigenvalue weighted by Crippen LogP contribution is 2.67. The van der Waals surface area contributed by atoms with Crippen molar-refractivity contribution in [3.05, 3.63) is 30.0 Å². The molecule has 2 N–H and O–H groups in total. The molecule has 2 aliphatic carbocycles. The molecule has 0 amide bonds. The maximum absolute atomic E-state index is 13.7. The molecule has 8 heteroatoms. The van der Waals surface area contributed by atoms with E-state index in [9.17, 15) is 18.3 Å². The smallest absolute Gasteiger partial charge is 0.341 e. The SMILES string of the molecule is C=C(O)COc1cc(OCC(=O)O)cc2c1[C@]1(C)CC[C@H]3C(C)(C)CCC[C@]3(C)[C@H]1CS2(=O)=O. The molecule has 0 spiro atoms. The number of carboxylic acids is 1. The second kappa shape index (κ2) is 8.18. The van der Waals surface area contributed by atoms with Crippen LogP contribution in [-0.2, 0) is 20.0 Å². The molecule has 0 saturated heterocycles. The lowest BCUT2D eigenvalue weighted by Gasteiger charge is -2.63. The van der Waals surface area contributed by atoms with Gasteiger partial charge in [0.2, 0.25) is 0 Å². The number of benzene rings is 1. The van der Waals surface area contributed by atoms with E-state index in [0.29, 0.717) is 17.2 Å². The van der Waals surface area contributed by atoms with Gasteiger partial charge >= 0.3 is 5.97 Å². The van der Waals surface area contributed by atoms with E-state index in [0.717, 1.165) is 32.1 Å². The number of rotatable bonds is 6. The van der Waals surface area contributed by atoms with Crippen molar-refractivity contribution in [2.45, 2.75) is 70.1 Å². The van der Waals surface area contributed by atoms with Crippen LogP contribution in [0.1, 0.15) is 65.4 Å². The molecule has 2 saturated carbocycles. The van der Waals surface area contributed by atoms with Crippen LogP contribution < -0.4 is 9.47 Å². The van der Waals surface area contributed by atoms with Crippen molar-refractivity contribution in [1.82, 2.24) is 0 Å². The van der Waals surface area contributed by atoms with E-state index in [2.05, 4.69) is 34.3 Å². The first-order chi connectivity index (χ1) is 15.7. The second-order valence-electron chi connectivity index (χ2n) is 11.5. The standard InChI is InChI=1S/C26H36O7S/c1-16(27)13-33-18-11-17(32-14-22(28)29)12-19-23(18)26(5)10-7-20-24(2,3)8-6-9-25(20,4)21(26)15-34(19,30)31/h11-12,20-21,27H,1,6-10,13-15H2,2-5H3,(H,28,29)/t20-,21+,25-,26+/m0/s1. The molecule has 7 nitrogen and oxygen atoms in total. The zero-order valence-electron chi connectivity index (χ0n) is 20.5. The Morgan fingerprint density at radius 1 is 1.06 bits per heavy atom. The Morgan fingerprint density at radius 2 is 1.76 bits per heavy atom. The van der Waals surface area contributed by atoms with Crippen LogP contribution in [0.25, 0.3) is 0 Å². The van der Waals surface area contributed by atoms with E-state index in [1.807, 2.05) is 0 Å². The van der Waals surface area contributed by atoms with E-state index in [4.69, 9.17) is 14.6 Å². The zero-order chi connectivity index (χ0) is 25.1. The van der Waals surface area contributed by atoms with Crippen LogP contribution in [0.3, 0.4) is 0 Å². The lowest BCUT2D eigenvalue weighted by atomic mass is 9.43. The Hall–Kier alpha value is -2.22. The van der Waals surface area contributed by atoms with Crippen molar-refractivity contribution in [2.24, 2.45) is 22.7 Å². The Kier molecular flexibility index (Phi) is 5.99. The molecule has 3 aliphatic rings. The van der Waals surface area contributed by atoms with Crippen LogP contribution in [0.5, 0.6) is 11.5 Å². The quantitative estimate of drug-likeness (QED) is 0.544. The van der Waals surface area contributed by atoms with E-state index in [1.54, 1.807) is 6.07 Å². The van der Waals surface area contributed by atoms with Crippen molar-refractivity contribution in [2.75, 3.05) is 19.0 Å². The van der Waals surface area contributed by atoms with Gasteiger partial charge < -0.3 is 19.7 Å². The molecule has 4 atom stereocenters. The first-order valence-electron chi connectivity index (χ1n) is 12.0. The minimum atomic E-state index is -3.69. The number of carbonyl (C=O) groups is 1. The van der Waals surface area contributed by atoms with Crippen molar-refractivity contribution in [1.29, 1.82) is 0 Å². The van der Waals surface area contributed by atoms with Crippen molar-refractivity contribution in [3.63, 3.8) is 0 Å². The third-order valence-corrected chi connectivity index (χ3v) is 10.6. The molecular weight excluding hydrogens is 456 g/mol. The molecule has 34 heavy (non-hydrogen) atoms. The molecule has 0 radical (unpaired) electrons. The number of hydrogen-bond donors (Lipinski definition) is 2. The molecule has 0 bridgehead atoms. The molecule has 0 aromatic heterocycles. The number of aliphatic carboxylic acids is 1. The highest BCUT2D eigenvalue weighted by molar-refractivity contribution is 7.91. The van der Waals surface area contributed by atoms with Crippen molar-refractivity contribution in [3.8, 4) is 11.5 Å². The normalized spacial score (nSPS) is 33.1. The number of ether oxygens (including phenoxy) is 2. The summed E-state index contributed by atoms with van der Waals surface area (Å²) in [6, 6.07) is 2.99. The summed E-state index contributed by atoms with van der Waals surface area (Å²) in [6.45, 7) is 11.7. The van der Waals surface area contributed by atoms with E-state index < -0.39 is 27.8 Å². The van der Waals surface area contributed by atoms with Gasteiger partial charge in [0.1, 0.15) is 23.9 Å². The van der Waals surface area contributed by atoms with Crippen LogP contribution in [0.2, 0.25) is 0 Å². The largest absolute Gasteiger partial charge is 0.509 e. The maximum Gasteiger partial charge on any atom is 0.341 e. The van der Waals surface area contributed by atoms with Crippen LogP contribution in [0.4, 0.5) is 0 Å². The fourth-order valence-corrected chi connectivity index (χ4v) is 9.82. The Morgan fingerprint density at radius 3 is 2.41 bits per heavy atom. The number of aliphatic hydroxyl groups is 1. The molecule has 1 heterocycles. The molecule has 4 rings (SSSR count). The highest BCUT2D eigenvalue weighted by atomic mass is 32.2. The van der Waals surface area contributed by atoms with Gasteiger partial charge in [0, 0.05) is 17.0 Å². The molecular formula is C26H36O7S. The minimum absolute atomic E-state index is 0.0497. The predicted octanol–water partition coefficient (Wildman–Crippen LogP) is 4.89. The number of aliphatic hydroxyl groups excluding tert-OH is 1. The summed E-state index contributed by atoms with van der Waals surface area (Å²) in [5.41, 5.74) is 0.198. The number of hydrogen-bond acceptors (Lipinski definition) is 6. The second-order valence-corrected chi connectivity index (χ2v) is 13.5. The van der Waals surface area contributed by atoms with Crippen molar-refractivity contribution < 1.29 is 32.9 Å². The van der Waals surface area contributed by atoms with Gasteiger partial charge in [-0.15, -0.1) is 0 Å². The molecule has 2 fully saturated rings. The van der Waals surface area contributed by atoms with Crippen LogP contribution in [0.15, 0.2) is 29.4 Å². The number of fused-ring (bicyclic) bond motifs is 5. The summed E-state index contributed by atoms with van der Waals surface area (Å²) < 4.78 is 38.7. The summed E-state index contributed by atoms with van der Waals surface area (Å²) in [4.78, 5) is 11.2. The van der Waals surface area contributed by atoms with Gasteiger partial charge in [-0.25, -0.2) is 13.2 Å². The van der Waals surface area contributed by atoms with Gasteiger partial charge in [-0.1, -0.05) is 40.7 Å². The average molecular weight is 493 g/mol. The monoisotopic (exact) mass is 492 g/mol. The fraction of sp³-hybridized carbons (Fsp3) is 0.654. The lowest BCUT2D eigenvalue weighted by molar-refractivity contribution is -0.139. The Labute approximate surface area is 202 Å². The minimum Gasteiger partial charge on any atom is -0.509 e. The average Bonchev–Trinajstić information content (AvgIpc) is 2.71. The summed E-state index contributed by atoms with van der Waals surface area (Å²) in [5.74, 6) is -0.524. The van der Waals surface area contributed by atoms with Gasteiger partial charge in [-0.2, -0.15) is 0 Å². The fourth-order valence-electron chi connectivity index (χ4n) is 7.51. The van der Waals surface area contributed by atoms with Gasteiger partial charge in [0.05, 0.1) is 10.6 Å². The number of carboxylic acid groups (broad SMARTS) is 1. The van der Waals surface area contributed by atoms with E-state index >= 15 is 0 Å². The Bertz CT molecular complexity index is 1120.